The Morgan fingerprint density at radius 2 is 1.95 bits per heavy atom. The van der Waals surface area contributed by atoms with Crippen LogP contribution in [0.5, 0.6) is 5.75 Å². The summed E-state index contributed by atoms with van der Waals surface area (Å²) in [6.07, 6.45) is 0. The monoisotopic (exact) mass is 289 g/mol. The third kappa shape index (κ3) is 3.53. The van der Waals surface area contributed by atoms with E-state index < -0.39 is 0 Å². The number of benzene rings is 2. The van der Waals surface area contributed by atoms with Crippen LogP contribution < -0.4 is 10.1 Å². The lowest BCUT2D eigenvalue weighted by Crippen LogP contribution is -2.18. The first kappa shape index (κ1) is 14.9. The molecule has 0 aliphatic carbocycles. The highest BCUT2D eigenvalue weighted by Gasteiger charge is 2.10. The molecule has 0 aliphatic rings. The third-order valence-electron chi connectivity index (χ3n) is 3.41. The molecule has 1 N–H and O–H groups in total. The minimum absolute atomic E-state index is 0.189. The normalized spacial score (nSPS) is 12.2. The summed E-state index contributed by atoms with van der Waals surface area (Å²) in [6, 6.07) is 14.3. The van der Waals surface area contributed by atoms with Gasteiger partial charge in [0.15, 0.2) is 0 Å². The maximum absolute atomic E-state index is 6.22. The molecule has 0 aromatic heterocycles. The summed E-state index contributed by atoms with van der Waals surface area (Å²) in [5, 5.41) is 4.29. The fraction of sp³-hybridized carbons (Fsp3) is 0.294. The van der Waals surface area contributed by atoms with Crippen LogP contribution in [0.15, 0.2) is 42.5 Å². The predicted molar refractivity (Wildman–Crippen MR) is 84.4 cm³/mol. The molecule has 0 saturated heterocycles. The van der Waals surface area contributed by atoms with Crippen molar-refractivity contribution >= 4 is 11.6 Å². The summed E-state index contributed by atoms with van der Waals surface area (Å²) in [5.74, 6) is 0.912. The molecule has 106 valence electrons. The lowest BCUT2D eigenvalue weighted by molar-refractivity contribution is 0.406. The van der Waals surface area contributed by atoms with Crippen molar-refractivity contribution in [2.24, 2.45) is 0 Å². The molecule has 0 aliphatic heterocycles. The first-order valence-electron chi connectivity index (χ1n) is 6.73. The van der Waals surface area contributed by atoms with Gasteiger partial charge in [0.25, 0.3) is 0 Å². The molecular weight excluding hydrogens is 270 g/mol. The van der Waals surface area contributed by atoms with E-state index in [0.29, 0.717) is 0 Å². The Labute approximate surface area is 125 Å². The third-order valence-corrected chi connectivity index (χ3v) is 3.75. The largest absolute Gasteiger partial charge is 0.496 e. The Bertz CT molecular complexity index is 583. The van der Waals surface area contributed by atoms with E-state index in [-0.39, 0.29) is 6.04 Å². The zero-order valence-electron chi connectivity index (χ0n) is 12.1. The Morgan fingerprint density at radius 1 is 1.20 bits per heavy atom. The van der Waals surface area contributed by atoms with Gasteiger partial charge in [0, 0.05) is 23.2 Å². The van der Waals surface area contributed by atoms with Crippen LogP contribution >= 0.6 is 11.6 Å². The molecule has 2 aromatic rings. The van der Waals surface area contributed by atoms with Gasteiger partial charge in [-0.2, -0.15) is 0 Å². The molecule has 2 rings (SSSR count). The van der Waals surface area contributed by atoms with Gasteiger partial charge in [-0.25, -0.2) is 0 Å². The standard InChI is InChI=1S/C17H20ClNO/c1-12-8-9-17(20-3)14(10-12)11-19-13(2)15-6-4-5-7-16(15)18/h4-10,13,19H,11H2,1-3H3/t13-/m0/s1. The van der Waals surface area contributed by atoms with Crippen LogP contribution in [-0.2, 0) is 6.54 Å². The zero-order chi connectivity index (χ0) is 14.5. The van der Waals surface area contributed by atoms with E-state index in [2.05, 4.69) is 31.3 Å². The van der Waals surface area contributed by atoms with Gasteiger partial charge in [-0.15, -0.1) is 0 Å². The number of rotatable bonds is 5. The molecule has 3 heteroatoms. The molecule has 0 bridgehead atoms. The average Bonchev–Trinajstić information content (AvgIpc) is 2.45. The van der Waals surface area contributed by atoms with Crippen LogP contribution in [0.2, 0.25) is 5.02 Å². The summed E-state index contributed by atoms with van der Waals surface area (Å²) in [6.45, 7) is 4.95. The van der Waals surface area contributed by atoms with Crippen molar-refractivity contribution in [1.82, 2.24) is 5.32 Å². The quantitative estimate of drug-likeness (QED) is 0.874. The van der Waals surface area contributed by atoms with Gasteiger partial charge < -0.3 is 10.1 Å². The molecule has 0 amide bonds. The first-order valence-corrected chi connectivity index (χ1v) is 7.11. The number of hydrogen-bond acceptors (Lipinski definition) is 2. The maximum Gasteiger partial charge on any atom is 0.123 e. The number of methoxy groups -OCH3 is 1. The minimum Gasteiger partial charge on any atom is -0.496 e. The summed E-state index contributed by atoms with van der Waals surface area (Å²) in [7, 11) is 1.70. The van der Waals surface area contributed by atoms with Crippen LogP contribution in [0.4, 0.5) is 0 Å². The Kier molecular flexibility index (Phi) is 5.05. The summed E-state index contributed by atoms with van der Waals surface area (Å²) >= 11 is 6.22. The number of halogens is 1. The summed E-state index contributed by atoms with van der Waals surface area (Å²) < 4.78 is 5.40. The van der Waals surface area contributed by atoms with Crippen molar-refractivity contribution in [2.75, 3.05) is 7.11 Å². The van der Waals surface area contributed by atoms with Crippen LogP contribution in [0.1, 0.15) is 29.7 Å². The van der Waals surface area contributed by atoms with E-state index in [4.69, 9.17) is 16.3 Å². The second-order valence-electron chi connectivity index (χ2n) is 4.94. The molecule has 2 nitrogen and oxygen atoms in total. The van der Waals surface area contributed by atoms with Crippen molar-refractivity contribution < 1.29 is 4.74 Å². The molecule has 2 aromatic carbocycles. The Hall–Kier alpha value is -1.51. The van der Waals surface area contributed by atoms with Crippen molar-refractivity contribution in [3.8, 4) is 5.75 Å². The van der Waals surface area contributed by atoms with Crippen molar-refractivity contribution in [3.05, 3.63) is 64.2 Å². The van der Waals surface area contributed by atoms with E-state index >= 15 is 0 Å². The first-order chi connectivity index (χ1) is 9.61. The average molecular weight is 290 g/mol. The van der Waals surface area contributed by atoms with Crippen LogP contribution in [0.3, 0.4) is 0 Å². The number of nitrogens with one attached hydrogen (secondary N) is 1. The zero-order valence-corrected chi connectivity index (χ0v) is 12.9. The second-order valence-corrected chi connectivity index (χ2v) is 5.35. The molecule has 0 fully saturated rings. The fourth-order valence-electron chi connectivity index (χ4n) is 2.24. The molecule has 0 saturated carbocycles. The van der Waals surface area contributed by atoms with Gasteiger partial charge in [0.2, 0.25) is 0 Å². The molecule has 1 atom stereocenters. The van der Waals surface area contributed by atoms with Gasteiger partial charge in [0.1, 0.15) is 5.75 Å². The lowest BCUT2D eigenvalue weighted by atomic mass is 10.1. The van der Waals surface area contributed by atoms with E-state index in [1.165, 1.54) is 5.56 Å². The topological polar surface area (TPSA) is 21.3 Å². The fourth-order valence-corrected chi connectivity index (χ4v) is 2.54. The highest BCUT2D eigenvalue weighted by molar-refractivity contribution is 6.31. The predicted octanol–water partition coefficient (Wildman–Crippen LogP) is 4.51. The second kappa shape index (κ2) is 6.78. The Morgan fingerprint density at radius 3 is 2.65 bits per heavy atom. The van der Waals surface area contributed by atoms with Crippen molar-refractivity contribution in [1.29, 1.82) is 0 Å². The Balaban J connectivity index is 2.09. The van der Waals surface area contributed by atoms with E-state index in [1.807, 2.05) is 30.3 Å². The maximum atomic E-state index is 6.22. The highest BCUT2D eigenvalue weighted by atomic mass is 35.5. The van der Waals surface area contributed by atoms with Crippen LogP contribution in [0, 0.1) is 6.92 Å². The highest BCUT2D eigenvalue weighted by Crippen LogP contribution is 2.24. The summed E-state index contributed by atoms with van der Waals surface area (Å²) in [5.41, 5.74) is 3.50. The van der Waals surface area contributed by atoms with Crippen LogP contribution in [-0.4, -0.2) is 7.11 Å². The van der Waals surface area contributed by atoms with Crippen molar-refractivity contribution in [3.63, 3.8) is 0 Å². The van der Waals surface area contributed by atoms with Crippen molar-refractivity contribution in [2.45, 2.75) is 26.4 Å². The number of aryl methyl sites for hydroxylation is 1. The summed E-state index contributed by atoms with van der Waals surface area (Å²) in [4.78, 5) is 0. The van der Waals surface area contributed by atoms with Crippen LogP contribution in [0.25, 0.3) is 0 Å². The van der Waals surface area contributed by atoms with Gasteiger partial charge in [-0.1, -0.05) is 47.5 Å². The van der Waals surface area contributed by atoms with Gasteiger partial charge in [0.05, 0.1) is 7.11 Å². The molecule has 0 radical (unpaired) electrons. The minimum atomic E-state index is 0.189. The SMILES string of the molecule is COc1ccc(C)cc1CN[C@@H](C)c1ccccc1Cl. The lowest BCUT2D eigenvalue weighted by Gasteiger charge is -2.17. The number of hydrogen-bond donors (Lipinski definition) is 1. The molecule has 0 spiro atoms. The van der Waals surface area contributed by atoms with E-state index in [0.717, 1.165) is 28.4 Å². The van der Waals surface area contributed by atoms with E-state index in [9.17, 15) is 0 Å². The number of ether oxygens (including phenoxy) is 1. The smallest absolute Gasteiger partial charge is 0.123 e. The van der Waals surface area contributed by atoms with Gasteiger partial charge in [-0.3, -0.25) is 0 Å². The molecule has 20 heavy (non-hydrogen) atoms. The van der Waals surface area contributed by atoms with E-state index in [1.54, 1.807) is 7.11 Å². The van der Waals surface area contributed by atoms with Gasteiger partial charge in [-0.05, 0) is 31.5 Å². The molecular formula is C17H20ClNO. The molecule has 0 unspecified atom stereocenters. The molecule has 0 heterocycles. The van der Waals surface area contributed by atoms with Gasteiger partial charge >= 0.3 is 0 Å².